The minimum absolute atomic E-state index is 0.0162. The molecule has 0 aromatic rings. The first-order chi connectivity index (χ1) is 10.3. The molecule has 0 N–H and O–H groups in total. The highest BCUT2D eigenvalue weighted by molar-refractivity contribution is 7.90. The molecule has 126 valence electrons. The van der Waals surface area contributed by atoms with Gasteiger partial charge in [0.25, 0.3) is 0 Å². The van der Waals surface area contributed by atoms with Gasteiger partial charge in [0.15, 0.2) is 0 Å². The van der Waals surface area contributed by atoms with E-state index in [4.69, 9.17) is 0 Å². The molecule has 0 spiro atoms. The Morgan fingerprint density at radius 3 is 2.55 bits per heavy atom. The van der Waals surface area contributed by atoms with E-state index in [1.54, 1.807) is 11.9 Å². The zero-order chi connectivity index (χ0) is 16.3. The molecule has 7 heteroatoms. The van der Waals surface area contributed by atoms with Gasteiger partial charge in [0.2, 0.25) is 11.8 Å². The van der Waals surface area contributed by atoms with Crippen LogP contribution in [0.3, 0.4) is 0 Å². The molecule has 1 saturated carbocycles. The van der Waals surface area contributed by atoms with E-state index in [-0.39, 0.29) is 29.9 Å². The first-order valence-electron chi connectivity index (χ1n) is 7.97. The van der Waals surface area contributed by atoms with Crippen LogP contribution in [0.15, 0.2) is 0 Å². The number of hydrogen-bond acceptors (Lipinski definition) is 4. The summed E-state index contributed by atoms with van der Waals surface area (Å²) in [6, 6.07) is 0.392. The second-order valence-electron chi connectivity index (χ2n) is 6.71. The third kappa shape index (κ3) is 4.69. The van der Waals surface area contributed by atoms with Crippen LogP contribution in [0.25, 0.3) is 0 Å². The summed E-state index contributed by atoms with van der Waals surface area (Å²) in [6.45, 7) is 1.25. The van der Waals surface area contributed by atoms with Crippen molar-refractivity contribution in [3.63, 3.8) is 0 Å². The molecule has 1 atom stereocenters. The van der Waals surface area contributed by atoms with E-state index in [2.05, 4.69) is 0 Å². The van der Waals surface area contributed by atoms with Crippen molar-refractivity contribution in [1.82, 2.24) is 9.80 Å². The van der Waals surface area contributed by atoms with Crippen LogP contribution < -0.4 is 0 Å². The van der Waals surface area contributed by atoms with Gasteiger partial charge >= 0.3 is 0 Å². The number of nitrogens with zero attached hydrogens (tertiary/aromatic N) is 2. The molecule has 2 rings (SSSR count). The highest BCUT2D eigenvalue weighted by atomic mass is 32.2. The monoisotopic (exact) mass is 330 g/mol. The summed E-state index contributed by atoms with van der Waals surface area (Å²) in [5.41, 5.74) is 0. The summed E-state index contributed by atoms with van der Waals surface area (Å²) in [5.74, 6) is 0.0832. The van der Waals surface area contributed by atoms with Crippen LogP contribution in [0.5, 0.6) is 0 Å². The minimum Gasteiger partial charge on any atom is -0.345 e. The predicted molar refractivity (Wildman–Crippen MR) is 84.0 cm³/mol. The lowest BCUT2D eigenvalue weighted by atomic mass is 10.1. The normalized spacial score (nSPS) is 23.3. The van der Waals surface area contributed by atoms with Gasteiger partial charge in [-0.15, -0.1) is 0 Å². The van der Waals surface area contributed by atoms with E-state index in [0.29, 0.717) is 19.0 Å². The van der Waals surface area contributed by atoms with Crippen LogP contribution >= 0.6 is 0 Å². The second kappa shape index (κ2) is 6.98. The zero-order valence-electron chi connectivity index (χ0n) is 13.5. The zero-order valence-corrected chi connectivity index (χ0v) is 14.3. The highest BCUT2D eigenvalue weighted by Gasteiger charge is 2.36. The Morgan fingerprint density at radius 1 is 1.32 bits per heavy atom. The minimum atomic E-state index is -3.12. The summed E-state index contributed by atoms with van der Waals surface area (Å²) in [6.07, 6.45) is 6.24. The molecule has 0 bridgehead atoms. The van der Waals surface area contributed by atoms with Crippen LogP contribution in [0.4, 0.5) is 0 Å². The van der Waals surface area contributed by atoms with Gasteiger partial charge in [0.1, 0.15) is 9.84 Å². The molecule has 22 heavy (non-hydrogen) atoms. The lowest BCUT2D eigenvalue weighted by Gasteiger charge is -2.25. The lowest BCUT2D eigenvalue weighted by Crippen LogP contribution is -2.36. The quantitative estimate of drug-likeness (QED) is 0.717. The Morgan fingerprint density at radius 2 is 1.95 bits per heavy atom. The summed E-state index contributed by atoms with van der Waals surface area (Å²) in [7, 11) is -1.43. The largest absolute Gasteiger partial charge is 0.345 e. The molecule has 1 saturated heterocycles. The van der Waals surface area contributed by atoms with Crippen LogP contribution in [0, 0.1) is 5.92 Å². The maximum atomic E-state index is 12.1. The smallest absolute Gasteiger partial charge is 0.223 e. The van der Waals surface area contributed by atoms with Crippen molar-refractivity contribution in [3.05, 3.63) is 0 Å². The van der Waals surface area contributed by atoms with Crippen LogP contribution in [0.2, 0.25) is 0 Å². The van der Waals surface area contributed by atoms with Gasteiger partial charge in [-0.3, -0.25) is 9.59 Å². The highest BCUT2D eigenvalue weighted by Crippen LogP contribution is 2.29. The van der Waals surface area contributed by atoms with E-state index in [9.17, 15) is 18.0 Å². The molecule has 0 aromatic carbocycles. The van der Waals surface area contributed by atoms with Gasteiger partial charge < -0.3 is 9.80 Å². The number of hydrogen-bond donors (Lipinski definition) is 0. The lowest BCUT2D eigenvalue weighted by molar-refractivity contribution is -0.131. The van der Waals surface area contributed by atoms with Crippen molar-refractivity contribution < 1.29 is 18.0 Å². The summed E-state index contributed by atoms with van der Waals surface area (Å²) in [4.78, 5) is 27.6. The molecule has 2 fully saturated rings. The molecule has 2 aliphatic rings. The third-order valence-corrected chi connectivity index (χ3v) is 5.59. The number of amides is 2. The molecule has 0 aromatic heterocycles. The maximum Gasteiger partial charge on any atom is 0.223 e. The van der Waals surface area contributed by atoms with E-state index in [0.717, 1.165) is 25.6 Å². The Hall–Kier alpha value is -1.11. The second-order valence-corrected chi connectivity index (χ2v) is 8.97. The van der Waals surface area contributed by atoms with Crippen molar-refractivity contribution in [2.24, 2.45) is 5.92 Å². The molecular formula is C15H26N2O4S. The molecule has 2 amide bonds. The number of rotatable bonds is 6. The molecule has 0 radical (unpaired) electrons. The van der Waals surface area contributed by atoms with Gasteiger partial charge in [-0.25, -0.2) is 8.42 Å². The van der Waals surface area contributed by atoms with E-state index < -0.39 is 9.84 Å². The van der Waals surface area contributed by atoms with E-state index in [1.807, 2.05) is 4.90 Å². The number of likely N-dealkylation sites (tertiary alicyclic amines) is 1. The van der Waals surface area contributed by atoms with Crippen molar-refractivity contribution in [2.75, 3.05) is 32.1 Å². The number of carbonyl (C=O) groups is 2. The van der Waals surface area contributed by atoms with Crippen LogP contribution in [-0.2, 0) is 19.4 Å². The molecule has 6 nitrogen and oxygen atoms in total. The Kier molecular flexibility index (Phi) is 5.47. The molecular weight excluding hydrogens is 304 g/mol. The SMILES string of the molecule is CN(CC1CC(=O)N(C2CCCC2)C1)C(=O)CCS(C)(=O)=O. The van der Waals surface area contributed by atoms with Crippen LogP contribution in [0.1, 0.15) is 38.5 Å². The van der Waals surface area contributed by atoms with Crippen molar-refractivity contribution >= 4 is 21.7 Å². The Bertz CT molecular complexity index is 526. The fraction of sp³-hybridized carbons (Fsp3) is 0.867. The summed E-state index contributed by atoms with van der Waals surface area (Å²) in [5, 5.41) is 0. The Balaban J connectivity index is 1.81. The van der Waals surface area contributed by atoms with Gasteiger partial charge in [0, 0.05) is 51.2 Å². The third-order valence-electron chi connectivity index (χ3n) is 4.65. The summed E-state index contributed by atoms with van der Waals surface area (Å²) >= 11 is 0. The van der Waals surface area contributed by atoms with Crippen molar-refractivity contribution in [3.8, 4) is 0 Å². The number of sulfone groups is 1. The molecule has 1 unspecified atom stereocenters. The van der Waals surface area contributed by atoms with Gasteiger partial charge in [-0.1, -0.05) is 12.8 Å². The van der Waals surface area contributed by atoms with Crippen molar-refractivity contribution in [2.45, 2.75) is 44.6 Å². The summed E-state index contributed by atoms with van der Waals surface area (Å²) < 4.78 is 22.2. The molecule has 1 aliphatic carbocycles. The number of carbonyl (C=O) groups excluding carboxylic acids is 2. The predicted octanol–water partition coefficient (Wildman–Crippen LogP) is 0.671. The van der Waals surface area contributed by atoms with E-state index >= 15 is 0 Å². The van der Waals surface area contributed by atoms with Gasteiger partial charge in [0.05, 0.1) is 5.75 Å². The topological polar surface area (TPSA) is 74.8 Å². The molecule has 1 heterocycles. The average Bonchev–Trinajstić information content (AvgIpc) is 3.04. The first-order valence-corrected chi connectivity index (χ1v) is 10.0. The average molecular weight is 330 g/mol. The standard InChI is InChI=1S/C15H26N2O4S/c1-16(14(18)7-8-22(2,20)21)10-12-9-15(19)17(11-12)13-5-3-4-6-13/h12-13H,3-11H2,1-2H3. The fourth-order valence-corrected chi connectivity index (χ4v) is 4.00. The van der Waals surface area contributed by atoms with Crippen molar-refractivity contribution in [1.29, 1.82) is 0 Å². The maximum absolute atomic E-state index is 12.1. The van der Waals surface area contributed by atoms with Crippen LogP contribution in [-0.4, -0.2) is 68.2 Å². The van der Waals surface area contributed by atoms with E-state index in [1.165, 1.54) is 12.8 Å². The Labute approximate surface area is 132 Å². The fourth-order valence-electron chi connectivity index (χ4n) is 3.45. The van der Waals surface area contributed by atoms with Gasteiger partial charge in [-0.2, -0.15) is 0 Å². The molecule has 1 aliphatic heterocycles. The first kappa shape index (κ1) is 17.2. The van der Waals surface area contributed by atoms with Gasteiger partial charge in [-0.05, 0) is 12.8 Å².